The Morgan fingerprint density at radius 2 is 1.39 bits per heavy atom. The van der Waals surface area contributed by atoms with Crippen LogP contribution in [0.5, 0.6) is 11.5 Å². The van der Waals surface area contributed by atoms with E-state index in [1.54, 1.807) is 30.3 Å². The lowest BCUT2D eigenvalue weighted by atomic mass is 9.86. The number of rotatable bonds is 7. The van der Waals surface area contributed by atoms with Crippen molar-refractivity contribution in [3.63, 3.8) is 0 Å². The summed E-state index contributed by atoms with van der Waals surface area (Å²) in [6.07, 6.45) is 3.78. The molecule has 0 aliphatic carbocycles. The van der Waals surface area contributed by atoms with E-state index in [9.17, 15) is 15.0 Å². The predicted octanol–water partition coefficient (Wildman–Crippen LogP) is 6.06. The van der Waals surface area contributed by atoms with Crippen LogP contribution in [0.1, 0.15) is 53.2 Å². The van der Waals surface area contributed by atoms with Crippen LogP contribution in [0.3, 0.4) is 0 Å². The lowest BCUT2D eigenvalue weighted by Gasteiger charge is -2.18. The molecule has 142 valence electrons. The number of carbonyl (C=O) groups excluding carboxylic acids is 1. The topological polar surface area (TPSA) is 57.5 Å². The van der Waals surface area contributed by atoms with Gasteiger partial charge in [-0.2, -0.15) is 0 Å². The van der Waals surface area contributed by atoms with E-state index in [-0.39, 0.29) is 11.5 Å². The molecule has 3 rings (SSSR count). The second-order valence-electron chi connectivity index (χ2n) is 6.79. The third-order valence-corrected chi connectivity index (χ3v) is 4.77. The molecule has 3 aromatic rings. The van der Waals surface area contributed by atoms with Crippen LogP contribution in [0.2, 0.25) is 0 Å². The molecule has 3 heteroatoms. The van der Waals surface area contributed by atoms with E-state index in [4.69, 9.17) is 0 Å². The molecule has 0 atom stereocenters. The van der Waals surface area contributed by atoms with Crippen molar-refractivity contribution in [3.8, 4) is 11.5 Å². The SMILES string of the molecule is CCCCC(=C(c1ccc(O)cc1)c1ccc(O)cc1)c1cccc(C=O)c1. The van der Waals surface area contributed by atoms with Gasteiger partial charge in [0.05, 0.1) is 0 Å². The number of hydrogen-bond donors (Lipinski definition) is 2. The second-order valence-corrected chi connectivity index (χ2v) is 6.79. The molecule has 0 fully saturated rings. The number of hydrogen-bond acceptors (Lipinski definition) is 3. The first kappa shape index (κ1) is 19.4. The van der Waals surface area contributed by atoms with Gasteiger partial charge < -0.3 is 10.2 Å². The van der Waals surface area contributed by atoms with E-state index in [0.29, 0.717) is 5.56 Å². The molecule has 0 unspecified atom stereocenters. The fraction of sp³-hybridized carbons (Fsp3) is 0.160. The maximum Gasteiger partial charge on any atom is 0.150 e. The van der Waals surface area contributed by atoms with Crippen LogP contribution in [-0.4, -0.2) is 16.5 Å². The van der Waals surface area contributed by atoms with Crippen LogP contribution in [0, 0.1) is 0 Å². The van der Waals surface area contributed by atoms with Crippen molar-refractivity contribution in [3.05, 3.63) is 95.1 Å². The van der Waals surface area contributed by atoms with Gasteiger partial charge in [0.1, 0.15) is 17.8 Å². The third kappa shape index (κ3) is 4.49. The van der Waals surface area contributed by atoms with Gasteiger partial charge in [-0.3, -0.25) is 4.79 Å². The Hall–Kier alpha value is -3.33. The molecule has 3 nitrogen and oxygen atoms in total. The normalized spacial score (nSPS) is 10.5. The summed E-state index contributed by atoms with van der Waals surface area (Å²) in [6.45, 7) is 2.15. The van der Waals surface area contributed by atoms with Crippen molar-refractivity contribution in [1.29, 1.82) is 0 Å². The van der Waals surface area contributed by atoms with Gasteiger partial charge >= 0.3 is 0 Å². The molecule has 0 heterocycles. The summed E-state index contributed by atoms with van der Waals surface area (Å²) in [5, 5.41) is 19.4. The van der Waals surface area contributed by atoms with Gasteiger partial charge in [0, 0.05) is 5.56 Å². The Bertz CT molecular complexity index is 920. The zero-order valence-corrected chi connectivity index (χ0v) is 15.9. The first-order valence-electron chi connectivity index (χ1n) is 9.50. The Kier molecular flexibility index (Phi) is 6.28. The Morgan fingerprint density at radius 1 is 0.821 bits per heavy atom. The van der Waals surface area contributed by atoms with Crippen LogP contribution in [0.15, 0.2) is 72.8 Å². The summed E-state index contributed by atoms with van der Waals surface area (Å²) in [5.74, 6) is 0.429. The Labute approximate surface area is 165 Å². The predicted molar refractivity (Wildman–Crippen MR) is 113 cm³/mol. The molecule has 2 N–H and O–H groups in total. The minimum absolute atomic E-state index is 0.215. The van der Waals surface area contributed by atoms with E-state index in [1.807, 2.05) is 42.5 Å². The zero-order chi connectivity index (χ0) is 19.9. The molecule has 0 aromatic heterocycles. The maximum atomic E-state index is 11.3. The largest absolute Gasteiger partial charge is 0.508 e. The number of phenols is 2. The molecule has 0 bridgehead atoms. The highest BCUT2D eigenvalue weighted by Gasteiger charge is 2.15. The minimum atomic E-state index is 0.215. The van der Waals surface area contributed by atoms with Gasteiger partial charge in [0.25, 0.3) is 0 Å². The fourth-order valence-corrected chi connectivity index (χ4v) is 3.34. The van der Waals surface area contributed by atoms with Crippen LogP contribution in [-0.2, 0) is 0 Å². The molecule has 28 heavy (non-hydrogen) atoms. The lowest BCUT2D eigenvalue weighted by molar-refractivity contribution is 0.112. The first-order valence-corrected chi connectivity index (χ1v) is 9.50. The quantitative estimate of drug-likeness (QED) is 0.391. The average Bonchev–Trinajstić information content (AvgIpc) is 2.73. The molecule has 3 aromatic carbocycles. The van der Waals surface area contributed by atoms with Crippen LogP contribution in [0.4, 0.5) is 0 Å². The van der Waals surface area contributed by atoms with Crippen molar-refractivity contribution >= 4 is 17.4 Å². The van der Waals surface area contributed by atoms with Crippen molar-refractivity contribution in [2.45, 2.75) is 26.2 Å². The number of aldehydes is 1. The van der Waals surface area contributed by atoms with Crippen LogP contribution in [0.25, 0.3) is 11.1 Å². The van der Waals surface area contributed by atoms with Gasteiger partial charge in [-0.1, -0.05) is 55.8 Å². The highest BCUT2D eigenvalue weighted by molar-refractivity contribution is 5.99. The van der Waals surface area contributed by atoms with Crippen molar-refractivity contribution in [1.82, 2.24) is 0 Å². The molecule has 0 radical (unpaired) electrons. The van der Waals surface area contributed by atoms with E-state index >= 15 is 0 Å². The molecule has 0 aliphatic rings. The first-order chi connectivity index (χ1) is 13.6. The molecular formula is C25H24O3. The molecule has 0 amide bonds. The summed E-state index contributed by atoms with van der Waals surface area (Å²) in [6, 6.07) is 21.9. The Morgan fingerprint density at radius 3 is 1.89 bits per heavy atom. The van der Waals surface area contributed by atoms with E-state index < -0.39 is 0 Å². The molecule has 0 saturated heterocycles. The number of phenolic OH excluding ortho intramolecular Hbond substituents is 2. The zero-order valence-electron chi connectivity index (χ0n) is 15.9. The number of allylic oxidation sites excluding steroid dienone is 1. The van der Waals surface area contributed by atoms with Gasteiger partial charge in [-0.25, -0.2) is 0 Å². The van der Waals surface area contributed by atoms with Gasteiger partial charge in [-0.05, 0) is 71.0 Å². The summed E-state index contributed by atoms with van der Waals surface area (Å²) in [4.78, 5) is 11.3. The van der Waals surface area contributed by atoms with Crippen LogP contribution >= 0.6 is 0 Å². The summed E-state index contributed by atoms with van der Waals surface area (Å²) in [7, 11) is 0. The average molecular weight is 372 g/mol. The molecule has 0 spiro atoms. The summed E-state index contributed by atoms with van der Waals surface area (Å²) >= 11 is 0. The molecular weight excluding hydrogens is 348 g/mol. The maximum absolute atomic E-state index is 11.3. The fourth-order valence-electron chi connectivity index (χ4n) is 3.34. The Balaban J connectivity index is 2.28. The van der Waals surface area contributed by atoms with Crippen molar-refractivity contribution in [2.75, 3.05) is 0 Å². The molecule has 0 aliphatic heterocycles. The van der Waals surface area contributed by atoms with Crippen LogP contribution < -0.4 is 0 Å². The van der Waals surface area contributed by atoms with E-state index in [1.165, 1.54) is 0 Å². The highest BCUT2D eigenvalue weighted by Crippen LogP contribution is 2.36. The standard InChI is InChI=1S/C25H24O3/c1-2-3-7-24(21-6-4-5-18(16-21)17-26)25(19-8-12-22(27)13-9-19)20-10-14-23(28)15-11-20/h4-6,8-17,27-28H,2-3,7H2,1H3. The number of benzene rings is 3. The number of aromatic hydroxyl groups is 2. The summed E-state index contributed by atoms with van der Waals surface area (Å²) in [5.41, 5.74) is 5.78. The van der Waals surface area contributed by atoms with Crippen molar-refractivity contribution in [2.24, 2.45) is 0 Å². The van der Waals surface area contributed by atoms with E-state index in [2.05, 4.69) is 6.92 Å². The third-order valence-electron chi connectivity index (χ3n) is 4.77. The molecule has 0 saturated carbocycles. The minimum Gasteiger partial charge on any atom is -0.508 e. The smallest absolute Gasteiger partial charge is 0.150 e. The van der Waals surface area contributed by atoms with Gasteiger partial charge in [-0.15, -0.1) is 0 Å². The number of carbonyl (C=O) groups is 1. The van der Waals surface area contributed by atoms with Gasteiger partial charge in [0.2, 0.25) is 0 Å². The lowest BCUT2D eigenvalue weighted by Crippen LogP contribution is -1.97. The second kappa shape index (κ2) is 9.05. The summed E-state index contributed by atoms with van der Waals surface area (Å²) < 4.78 is 0. The monoisotopic (exact) mass is 372 g/mol. The van der Waals surface area contributed by atoms with Crippen molar-refractivity contribution < 1.29 is 15.0 Å². The highest BCUT2D eigenvalue weighted by atomic mass is 16.3. The van der Waals surface area contributed by atoms with Gasteiger partial charge in [0.15, 0.2) is 0 Å². The van der Waals surface area contributed by atoms with E-state index in [0.717, 1.165) is 53.4 Å². The number of unbranched alkanes of at least 4 members (excludes halogenated alkanes) is 1.